The maximum atomic E-state index is 13.4. The molecule has 5 rings (SSSR count). The zero-order chi connectivity index (χ0) is 22.0. The highest BCUT2D eigenvalue weighted by Gasteiger charge is 2.49. The molecule has 172 valence electrons. The number of H-pyrrole nitrogens is 1. The highest BCUT2D eigenvalue weighted by Crippen LogP contribution is 2.40. The lowest BCUT2D eigenvalue weighted by Crippen LogP contribution is -2.40. The first-order valence-electron chi connectivity index (χ1n) is 11.5. The van der Waals surface area contributed by atoms with Crippen LogP contribution in [0.5, 0.6) is 0 Å². The van der Waals surface area contributed by atoms with Gasteiger partial charge in [0.2, 0.25) is 0 Å². The van der Waals surface area contributed by atoms with Crippen LogP contribution in [0.3, 0.4) is 0 Å². The summed E-state index contributed by atoms with van der Waals surface area (Å²) in [6.45, 7) is 2.76. The van der Waals surface area contributed by atoms with Crippen molar-refractivity contribution in [3.05, 3.63) is 54.1 Å². The molecule has 1 N–H and O–H groups in total. The number of aliphatic imine (C=N–C) groups is 1. The third-order valence-corrected chi connectivity index (χ3v) is 6.62. The van der Waals surface area contributed by atoms with Crippen LogP contribution in [0.25, 0.3) is 22.5 Å². The Bertz CT molecular complexity index is 1120. The van der Waals surface area contributed by atoms with Gasteiger partial charge in [-0.05, 0) is 46.4 Å². The first-order valence-corrected chi connectivity index (χ1v) is 11.5. The van der Waals surface area contributed by atoms with Crippen molar-refractivity contribution in [3.63, 3.8) is 0 Å². The van der Waals surface area contributed by atoms with Gasteiger partial charge in [-0.2, -0.15) is 0 Å². The Morgan fingerprint density at radius 3 is 2.42 bits per heavy atom. The van der Waals surface area contributed by atoms with Crippen LogP contribution < -0.4 is 0 Å². The quantitative estimate of drug-likeness (QED) is 0.520. The zero-order valence-electron chi connectivity index (χ0n) is 18.8. The van der Waals surface area contributed by atoms with Crippen molar-refractivity contribution < 1.29 is 4.79 Å². The molecular weight excluding hydrogens is 436 g/mol. The predicted molar refractivity (Wildman–Crippen MR) is 131 cm³/mol. The fraction of sp³-hybridized carbons (Fsp3) is 0.400. The van der Waals surface area contributed by atoms with E-state index in [2.05, 4.69) is 57.9 Å². The highest BCUT2D eigenvalue weighted by atomic mass is 35.5. The predicted octanol–water partition coefficient (Wildman–Crippen LogP) is 5.20. The molecule has 1 aliphatic carbocycles. The van der Waals surface area contributed by atoms with Crippen molar-refractivity contribution in [2.75, 3.05) is 0 Å². The number of nitrogens with one attached hydrogen (secondary N) is 1. The number of hydrogen-bond donors (Lipinski definition) is 1. The number of amidine groups is 1. The van der Waals surface area contributed by atoms with Gasteiger partial charge in [0.15, 0.2) is 5.82 Å². The third-order valence-electron chi connectivity index (χ3n) is 6.62. The van der Waals surface area contributed by atoms with Gasteiger partial charge >= 0.3 is 0 Å². The van der Waals surface area contributed by atoms with Crippen molar-refractivity contribution in [3.8, 4) is 22.5 Å². The second-order valence-corrected chi connectivity index (χ2v) is 8.75. The lowest BCUT2D eigenvalue weighted by atomic mass is 9.97. The summed E-state index contributed by atoms with van der Waals surface area (Å²) < 4.78 is 0. The van der Waals surface area contributed by atoms with Gasteiger partial charge in [0.1, 0.15) is 11.4 Å². The molecule has 2 heterocycles. The van der Waals surface area contributed by atoms with Crippen LogP contribution in [0.4, 0.5) is 0 Å². The molecule has 33 heavy (non-hydrogen) atoms. The van der Waals surface area contributed by atoms with Gasteiger partial charge in [0, 0.05) is 12.0 Å². The molecule has 1 aliphatic heterocycles. The number of benzene rings is 2. The van der Waals surface area contributed by atoms with Crippen LogP contribution in [0.1, 0.15) is 57.4 Å². The van der Waals surface area contributed by atoms with Crippen LogP contribution in [-0.4, -0.2) is 42.8 Å². The van der Waals surface area contributed by atoms with Gasteiger partial charge in [0.05, 0.1) is 6.54 Å². The summed E-state index contributed by atoms with van der Waals surface area (Å²) in [5, 5.41) is 14.3. The SMILES string of the molecule is CCCCC1=NC2(CCCC2)C(=O)N1Cc1ccc(-c2ccccc2-c2nnn[nH]2)cc1.Cl. The lowest BCUT2D eigenvalue weighted by Gasteiger charge is -2.23. The number of tetrazole rings is 1. The molecule has 1 fully saturated rings. The van der Waals surface area contributed by atoms with Crippen LogP contribution >= 0.6 is 12.4 Å². The number of hydrogen-bond acceptors (Lipinski definition) is 5. The van der Waals surface area contributed by atoms with E-state index in [0.29, 0.717) is 12.4 Å². The Morgan fingerprint density at radius 2 is 1.76 bits per heavy atom. The number of rotatable bonds is 7. The maximum absolute atomic E-state index is 13.4. The monoisotopic (exact) mass is 464 g/mol. The Hall–Kier alpha value is -3.06. The van der Waals surface area contributed by atoms with Gasteiger partial charge in [-0.1, -0.05) is 74.7 Å². The summed E-state index contributed by atoms with van der Waals surface area (Å²) in [7, 11) is 0. The average molecular weight is 465 g/mol. The molecular formula is C25H29ClN6O. The summed E-state index contributed by atoms with van der Waals surface area (Å²) in [6, 6.07) is 16.5. The first kappa shape index (κ1) is 23.1. The number of aromatic amines is 1. The third kappa shape index (κ3) is 4.42. The molecule has 2 aromatic carbocycles. The molecule has 7 nitrogen and oxygen atoms in total. The van der Waals surface area contributed by atoms with Gasteiger partial charge in [-0.15, -0.1) is 17.5 Å². The normalized spacial score (nSPS) is 16.8. The van der Waals surface area contributed by atoms with Crippen LogP contribution in [-0.2, 0) is 11.3 Å². The number of carbonyl (C=O) groups is 1. The molecule has 1 aromatic heterocycles. The van der Waals surface area contributed by atoms with Gasteiger partial charge in [-0.3, -0.25) is 14.7 Å². The Kier molecular flexibility index (Phi) is 6.88. The topological polar surface area (TPSA) is 87.1 Å². The molecule has 1 spiro atoms. The number of halogens is 1. The molecule has 0 atom stereocenters. The van der Waals surface area contributed by atoms with E-state index in [9.17, 15) is 4.79 Å². The summed E-state index contributed by atoms with van der Waals surface area (Å²) in [5.41, 5.74) is 3.73. The highest BCUT2D eigenvalue weighted by molar-refractivity contribution is 6.08. The van der Waals surface area contributed by atoms with E-state index in [0.717, 1.165) is 73.0 Å². The van der Waals surface area contributed by atoms with Crippen molar-refractivity contribution in [1.29, 1.82) is 0 Å². The fourth-order valence-electron chi connectivity index (χ4n) is 4.88. The molecule has 0 saturated heterocycles. The van der Waals surface area contributed by atoms with Crippen molar-refractivity contribution in [1.82, 2.24) is 25.5 Å². The van der Waals surface area contributed by atoms with Crippen molar-refractivity contribution in [2.45, 2.75) is 64.0 Å². The minimum atomic E-state index is -0.479. The Morgan fingerprint density at radius 1 is 1.03 bits per heavy atom. The van der Waals surface area contributed by atoms with E-state index < -0.39 is 5.54 Å². The van der Waals surface area contributed by atoms with Gasteiger partial charge in [-0.25, -0.2) is 5.10 Å². The minimum absolute atomic E-state index is 0. The van der Waals surface area contributed by atoms with E-state index >= 15 is 0 Å². The van der Waals surface area contributed by atoms with Crippen molar-refractivity contribution >= 4 is 24.1 Å². The summed E-state index contributed by atoms with van der Waals surface area (Å²) in [5.74, 6) is 1.82. The maximum Gasteiger partial charge on any atom is 0.256 e. The lowest BCUT2D eigenvalue weighted by molar-refractivity contribution is -0.131. The number of carbonyl (C=O) groups excluding carboxylic acids is 1. The second-order valence-electron chi connectivity index (χ2n) is 8.75. The molecule has 8 heteroatoms. The smallest absolute Gasteiger partial charge is 0.256 e. The van der Waals surface area contributed by atoms with Gasteiger partial charge in [0.25, 0.3) is 5.91 Å². The zero-order valence-corrected chi connectivity index (χ0v) is 19.6. The minimum Gasteiger partial charge on any atom is -0.294 e. The molecule has 0 radical (unpaired) electrons. The largest absolute Gasteiger partial charge is 0.294 e. The van der Waals surface area contributed by atoms with E-state index in [1.165, 1.54) is 0 Å². The van der Waals surface area contributed by atoms with Crippen LogP contribution in [0, 0.1) is 0 Å². The van der Waals surface area contributed by atoms with Crippen molar-refractivity contribution in [2.24, 2.45) is 4.99 Å². The van der Waals surface area contributed by atoms with E-state index in [1.807, 2.05) is 23.1 Å². The molecule has 1 saturated carbocycles. The number of unbranched alkanes of at least 4 members (excludes halogenated alkanes) is 1. The van der Waals surface area contributed by atoms with E-state index in [4.69, 9.17) is 4.99 Å². The van der Waals surface area contributed by atoms with Crippen LogP contribution in [0.15, 0.2) is 53.5 Å². The molecule has 1 amide bonds. The molecule has 0 bridgehead atoms. The Labute approximate surface area is 200 Å². The number of amides is 1. The number of aromatic nitrogens is 4. The fourth-order valence-corrected chi connectivity index (χ4v) is 4.88. The summed E-state index contributed by atoms with van der Waals surface area (Å²) >= 11 is 0. The van der Waals surface area contributed by atoms with E-state index in [1.54, 1.807) is 0 Å². The summed E-state index contributed by atoms with van der Waals surface area (Å²) in [6.07, 6.45) is 7.01. The standard InChI is InChI=1S/C25H28N6O.ClH/c1-2-3-10-22-26-25(15-6-7-16-25)24(32)31(22)17-18-11-13-19(14-12-18)20-8-4-5-9-21(20)23-27-29-30-28-23;/h4-5,8-9,11-14H,2-3,6-7,10,15-17H2,1H3,(H,27,28,29,30);1H. The first-order chi connectivity index (χ1) is 15.7. The second kappa shape index (κ2) is 9.83. The molecule has 0 unspecified atom stereocenters. The van der Waals surface area contributed by atoms with E-state index in [-0.39, 0.29) is 18.3 Å². The number of nitrogens with zero attached hydrogens (tertiary/aromatic N) is 5. The van der Waals surface area contributed by atoms with Gasteiger partial charge < -0.3 is 0 Å². The summed E-state index contributed by atoms with van der Waals surface area (Å²) in [4.78, 5) is 20.3. The Balaban J connectivity index is 0.00000259. The average Bonchev–Trinajstić information content (AvgIpc) is 3.58. The molecule has 3 aromatic rings. The van der Waals surface area contributed by atoms with Crippen LogP contribution in [0.2, 0.25) is 0 Å². The molecule has 2 aliphatic rings.